The van der Waals surface area contributed by atoms with Gasteiger partial charge in [0.05, 0.1) is 18.2 Å². The van der Waals surface area contributed by atoms with E-state index in [4.69, 9.17) is 9.47 Å². The molecule has 0 fully saturated rings. The zero-order chi connectivity index (χ0) is 22.3. The summed E-state index contributed by atoms with van der Waals surface area (Å²) in [7, 11) is 0. The molecule has 0 N–H and O–H groups in total. The first-order valence-corrected chi connectivity index (χ1v) is 11.2. The Labute approximate surface area is 196 Å². The van der Waals surface area contributed by atoms with E-state index in [0.29, 0.717) is 30.3 Å². The largest absolute Gasteiger partial charge is 0.490 e. The van der Waals surface area contributed by atoms with Gasteiger partial charge in [0.1, 0.15) is 6.61 Å². The number of nitrogens with zero attached hydrogens (tertiary/aromatic N) is 1. The fourth-order valence-electron chi connectivity index (χ4n) is 3.47. The minimum absolute atomic E-state index is 0.447. The van der Waals surface area contributed by atoms with Crippen LogP contribution in [0.1, 0.15) is 23.6 Å². The minimum Gasteiger partial charge on any atom is -0.490 e. The Morgan fingerprint density at radius 1 is 0.875 bits per heavy atom. The molecule has 0 aliphatic rings. The number of hydrogen-bond donors (Lipinski definition) is 0. The second-order valence-corrected chi connectivity index (χ2v) is 8.11. The molecule has 0 aliphatic carbocycles. The molecule has 0 amide bonds. The summed E-state index contributed by atoms with van der Waals surface area (Å²) in [6.07, 6.45) is 1.87. The van der Waals surface area contributed by atoms with E-state index < -0.39 is 0 Å². The predicted octanol–water partition coefficient (Wildman–Crippen LogP) is 7.64. The first-order valence-electron chi connectivity index (χ1n) is 10.4. The van der Waals surface area contributed by atoms with E-state index in [1.807, 2.05) is 85.8 Å². The number of ether oxygens (including phenoxy) is 2. The highest BCUT2D eigenvalue weighted by molar-refractivity contribution is 9.10. The van der Waals surface area contributed by atoms with E-state index in [2.05, 4.69) is 34.1 Å². The zero-order valence-electron chi connectivity index (χ0n) is 17.7. The Morgan fingerprint density at radius 3 is 2.34 bits per heavy atom. The highest BCUT2D eigenvalue weighted by atomic mass is 79.9. The van der Waals surface area contributed by atoms with Crippen molar-refractivity contribution in [1.82, 2.24) is 0 Å². The quantitative estimate of drug-likeness (QED) is 0.200. The molecule has 0 unspecified atom stereocenters. The Balaban J connectivity index is 1.67. The molecular weight excluding hydrogens is 462 g/mol. The fourth-order valence-corrected chi connectivity index (χ4v) is 3.91. The number of halogens is 1. The van der Waals surface area contributed by atoms with Crippen LogP contribution in [0.25, 0.3) is 22.4 Å². The standard InChI is InChI=1S/C28H22BrNO2/c1-2-31-27-16-24(26(29)17-28(27)32-19-20-8-4-3-5-9-20)15-25(18-30)23-13-12-21-10-6-7-11-22(21)14-23/h3-17H,2,19H2,1H3/b25-15-. The monoisotopic (exact) mass is 483 g/mol. The van der Waals surface area contributed by atoms with Gasteiger partial charge in [0.25, 0.3) is 0 Å². The van der Waals surface area contributed by atoms with Crippen molar-refractivity contribution in [3.05, 3.63) is 106 Å². The minimum atomic E-state index is 0.447. The van der Waals surface area contributed by atoms with Gasteiger partial charge in [-0.2, -0.15) is 5.26 Å². The number of rotatable bonds is 7. The topological polar surface area (TPSA) is 42.2 Å². The number of allylic oxidation sites excluding steroid dienone is 1. The molecule has 0 radical (unpaired) electrons. The maximum Gasteiger partial charge on any atom is 0.162 e. The summed E-state index contributed by atoms with van der Waals surface area (Å²) in [5, 5.41) is 12.1. The van der Waals surface area contributed by atoms with Gasteiger partial charge in [-0.15, -0.1) is 0 Å². The lowest BCUT2D eigenvalue weighted by molar-refractivity contribution is 0.269. The van der Waals surface area contributed by atoms with Crippen LogP contribution in [0, 0.1) is 11.3 Å². The second-order valence-electron chi connectivity index (χ2n) is 7.26. The van der Waals surface area contributed by atoms with Crippen LogP contribution in [-0.2, 0) is 6.61 Å². The van der Waals surface area contributed by atoms with Gasteiger partial charge in [-0.05, 0) is 58.7 Å². The van der Waals surface area contributed by atoms with Crippen molar-refractivity contribution < 1.29 is 9.47 Å². The molecule has 3 nitrogen and oxygen atoms in total. The summed E-state index contributed by atoms with van der Waals surface area (Å²) < 4.78 is 12.7. The summed E-state index contributed by atoms with van der Waals surface area (Å²) in [6, 6.07) is 30.3. The third kappa shape index (κ3) is 5.01. The van der Waals surface area contributed by atoms with Crippen molar-refractivity contribution in [2.24, 2.45) is 0 Å². The van der Waals surface area contributed by atoms with E-state index in [0.717, 1.165) is 31.9 Å². The van der Waals surface area contributed by atoms with Crippen molar-refractivity contribution in [1.29, 1.82) is 5.26 Å². The predicted molar refractivity (Wildman–Crippen MR) is 134 cm³/mol. The van der Waals surface area contributed by atoms with E-state index in [9.17, 15) is 5.26 Å². The summed E-state index contributed by atoms with van der Waals surface area (Å²) in [5.41, 5.74) is 3.39. The molecule has 4 aromatic rings. The van der Waals surface area contributed by atoms with Crippen LogP contribution in [-0.4, -0.2) is 6.61 Å². The zero-order valence-corrected chi connectivity index (χ0v) is 19.3. The fraction of sp³-hybridized carbons (Fsp3) is 0.107. The van der Waals surface area contributed by atoms with Gasteiger partial charge in [-0.25, -0.2) is 0 Å². The normalized spacial score (nSPS) is 11.2. The van der Waals surface area contributed by atoms with Gasteiger partial charge in [-0.3, -0.25) is 0 Å². The SMILES string of the molecule is CCOc1cc(/C=C(/C#N)c2ccc3ccccc3c2)c(Br)cc1OCc1ccccc1. The third-order valence-corrected chi connectivity index (χ3v) is 5.77. The highest BCUT2D eigenvalue weighted by Crippen LogP contribution is 2.36. The molecule has 0 saturated carbocycles. The Morgan fingerprint density at radius 2 is 1.59 bits per heavy atom. The van der Waals surface area contributed by atoms with Crippen molar-refractivity contribution >= 4 is 38.4 Å². The molecular formula is C28H22BrNO2. The van der Waals surface area contributed by atoms with Crippen LogP contribution in [0.15, 0.2) is 89.4 Å². The molecule has 4 aromatic carbocycles. The van der Waals surface area contributed by atoms with Crippen LogP contribution in [0.3, 0.4) is 0 Å². The summed E-state index contributed by atoms with van der Waals surface area (Å²) in [6.45, 7) is 2.90. The van der Waals surface area contributed by atoms with Gasteiger partial charge in [0.15, 0.2) is 11.5 Å². The van der Waals surface area contributed by atoms with Gasteiger partial charge in [0.2, 0.25) is 0 Å². The van der Waals surface area contributed by atoms with E-state index in [-0.39, 0.29) is 0 Å². The molecule has 0 heterocycles. The molecule has 4 heteroatoms. The third-order valence-electron chi connectivity index (χ3n) is 5.08. The first kappa shape index (κ1) is 21.7. The lowest BCUT2D eigenvalue weighted by Gasteiger charge is -2.14. The van der Waals surface area contributed by atoms with E-state index >= 15 is 0 Å². The van der Waals surface area contributed by atoms with E-state index in [1.165, 1.54) is 0 Å². The van der Waals surface area contributed by atoms with Crippen LogP contribution in [0.2, 0.25) is 0 Å². The number of hydrogen-bond acceptors (Lipinski definition) is 3. The van der Waals surface area contributed by atoms with Crippen molar-refractivity contribution in [3.63, 3.8) is 0 Å². The average Bonchev–Trinajstić information content (AvgIpc) is 2.83. The van der Waals surface area contributed by atoms with Crippen LogP contribution in [0.5, 0.6) is 11.5 Å². The summed E-state index contributed by atoms with van der Waals surface area (Å²) >= 11 is 3.64. The number of benzene rings is 4. The lowest BCUT2D eigenvalue weighted by atomic mass is 10.00. The second kappa shape index (κ2) is 10.2. The van der Waals surface area contributed by atoms with Gasteiger partial charge in [0, 0.05) is 4.47 Å². The number of fused-ring (bicyclic) bond motifs is 1. The van der Waals surface area contributed by atoms with Gasteiger partial charge < -0.3 is 9.47 Å². The number of nitriles is 1. The average molecular weight is 484 g/mol. The lowest BCUT2D eigenvalue weighted by Crippen LogP contribution is -2.00. The maximum atomic E-state index is 9.85. The summed E-state index contributed by atoms with van der Waals surface area (Å²) in [5.74, 6) is 1.30. The molecule has 0 aliphatic heterocycles. The molecule has 0 spiro atoms. The molecule has 32 heavy (non-hydrogen) atoms. The van der Waals surface area contributed by atoms with Crippen LogP contribution < -0.4 is 9.47 Å². The van der Waals surface area contributed by atoms with Crippen LogP contribution >= 0.6 is 15.9 Å². The maximum absolute atomic E-state index is 9.85. The molecule has 0 atom stereocenters. The van der Waals surface area contributed by atoms with Crippen LogP contribution in [0.4, 0.5) is 0 Å². The molecule has 0 saturated heterocycles. The van der Waals surface area contributed by atoms with Crippen molar-refractivity contribution in [2.45, 2.75) is 13.5 Å². The van der Waals surface area contributed by atoms with Crippen molar-refractivity contribution in [3.8, 4) is 17.6 Å². The highest BCUT2D eigenvalue weighted by Gasteiger charge is 2.12. The molecule has 158 valence electrons. The molecule has 0 aromatic heterocycles. The molecule has 4 rings (SSSR count). The van der Waals surface area contributed by atoms with E-state index in [1.54, 1.807) is 0 Å². The van der Waals surface area contributed by atoms with Crippen molar-refractivity contribution in [2.75, 3.05) is 6.61 Å². The molecule has 0 bridgehead atoms. The smallest absolute Gasteiger partial charge is 0.162 e. The first-order chi connectivity index (χ1) is 15.7. The van der Waals surface area contributed by atoms with Gasteiger partial charge in [-0.1, -0.05) is 82.7 Å². The Bertz CT molecular complexity index is 1310. The Kier molecular flexibility index (Phi) is 6.89. The van der Waals surface area contributed by atoms with Gasteiger partial charge >= 0.3 is 0 Å². The Hall–Kier alpha value is -3.55. The summed E-state index contributed by atoms with van der Waals surface area (Å²) in [4.78, 5) is 0.